The predicted molar refractivity (Wildman–Crippen MR) is 107 cm³/mol. The van der Waals surface area contributed by atoms with Crippen LogP contribution in [0.2, 0.25) is 0 Å². The maximum absolute atomic E-state index is 9.84. The van der Waals surface area contributed by atoms with E-state index in [9.17, 15) is 5.26 Å². The van der Waals surface area contributed by atoms with Crippen molar-refractivity contribution in [3.8, 4) is 29.2 Å². The average Bonchev–Trinajstić information content (AvgIpc) is 3.25. The first kappa shape index (κ1) is 19.0. The maximum Gasteiger partial charge on any atom is 0.232 e. The molecule has 1 aliphatic rings. The van der Waals surface area contributed by atoms with Gasteiger partial charge in [-0.3, -0.25) is 0 Å². The number of aromatic nitrogens is 1. The molecule has 0 unspecified atom stereocenters. The van der Waals surface area contributed by atoms with Crippen molar-refractivity contribution in [1.82, 2.24) is 4.98 Å². The highest BCUT2D eigenvalue weighted by Crippen LogP contribution is 2.38. The summed E-state index contributed by atoms with van der Waals surface area (Å²) in [6.07, 6.45) is 2.20. The molecule has 3 aromatic rings. The van der Waals surface area contributed by atoms with E-state index >= 15 is 0 Å². The molecule has 29 heavy (non-hydrogen) atoms. The molecule has 0 bridgehead atoms. The van der Waals surface area contributed by atoms with Crippen LogP contribution in [0.15, 0.2) is 53.1 Å². The lowest BCUT2D eigenvalue weighted by molar-refractivity contribution is -0.0402. The molecule has 1 aromatic carbocycles. The molecule has 6 nitrogen and oxygen atoms in total. The van der Waals surface area contributed by atoms with E-state index in [0.29, 0.717) is 42.5 Å². The number of hydrogen-bond acceptors (Lipinski definition) is 6. The van der Waals surface area contributed by atoms with Gasteiger partial charge in [-0.2, -0.15) is 5.26 Å². The minimum atomic E-state index is -0.367. The second-order valence-electron chi connectivity index (χ2n) is 7.42. The van der Waals surface area contributed by atoms with Crippen molar-refractivity contribution < 1.29 is 18.6 Å². The van der Waals surface area contributed by atoms with Crippen LogP contribution in [0.3, 0.4) is 0 Å². The third-order valence-corrected chi connectivity index (χ3v) is 4.79. The number of furan rings is 1. The molecule has 0 radical (unpaired) electrons. The van der Waals surface area contributed by atoms with E-state index in [1.165, 1.54) is 0 Å². The van der Waals surface area contributed by atoms with Gasteiger partial charge in [0.1, 0.15) is 36.3 Å². The van der Waals surface area contributed by atoms with Gasteiger partial charge in [-0.05, 0) is 43.7 Å². The largest absolute Gasteiger partial charge is 0.490 e. The van der Waals surface area contributed by atoms with Crippen LogP contribution in [0.25, 0.3) is 11.5 Å². The average molecular weight is 390 g/mol. The molecule has 0 amide bonds. The van der Waals surface area contributed by atoms with Gasteiger partial charge < -0.3 is 18.6 Å². The summed E-state index contributed by atoms with van der Waals surface area (Å²) in [7, 11) is 0. The third-order valence-electron chi connectivity index (χ3n) is 4.79. The number of benzene rings is 1. The Morgan fingerprint density at radius 3 is 2.59 bits per heavy atom. The molecular formula is C23H22N2O4. The van der Waals surface area contributed by atoms with E-state index < -0.39 is 0 Å². The van der Waals surface area contributed by atoms with Gasteiger partial charge in [0.2, 0.25) is 5.88 Å². The van der Waals surface area contributed by atoms with Gasteiger partial charge in [-0.25, -0.2) is 4.98 Å². The fourth-order valence-corrected chi connectivity index (χ4v) is 3.39. The number of rotatable bonds is 6. The van der Waals surface area contributed by atoms with Crippen LogP contribution in [0.1, 0.15) is 30.5 Å². The Bertz CT molecular complexity index is 1020. The first-order chi connectivity index (χ1) is 14.1. The number of fused-ring (bicyclic) bond motifs is 1. The summed E-state index contributed by atoms with van der Waals surface area (Å²) in [5, 5.41) is 9.84. The number of hydrogen-bond donors (Lipinski definition) is 0. The predicted octanol–water partition coefficient (Wildman–Crippen LogP) is 4.52. The summed E-state index contributed by atoms with van der Waals surface area (Å²) in [6, 6.07) is 15.5. The van der Waals surface area contributed by atoms with E-state index in [-0.39, 0.29) is 12.2 Å². The highest BCUT2D eigenvalue weighted by Gasteiger charge is 2.33. The molecule has 148 valence electrons. The van der Waals surface area contributed by atoms with Crippen LogP contribution in [-0.2, 0) is 17.8 Å². The lowest BCUT2D eigenvalue weighted by Gasteiger charge is -2.33. The van der Waals surface area contributed by atoms with E-state index in [1.54, 1.807) is 6.26 Å². The lowest BCUT2D eigenvalue weighted by Crippen LogP contribution is -2.33. The molecule has 0 saturated heterocycles. The second-order valence-corrected chi connectivity index (χ2v) is 7.42. The fraction of sp³-hybridized carbons (Fsp3) is 0.304. The van der Waals surface area contributed by atoms with Crippen LogP contribution in [0.4, 0.5) is 0 Å². The minimum absolute atomic E-state index is 0.271. The number of para-hydroxylation sites is 1. The number of pyridine rings is 1. The van der Waals surface area contributed by atoms with Crippen molar-refractivity contribution in [1.29, 1.82) is 5.26 Å². The Hall–Kier alpha value is -3.30. The molecule has 1 aliphatic heterocycles. The zero-order valence-corrected chi connectivity index (χ0v) is 16.5. The van der Waals surface area contributed by atoms with E-state index in [2.05, 4.69) is 11.1 Å². The Balaban J connectivity index is 1.62. The van der Waals surface area contributed by atoms with Gasteiger partial charge in [0.15, 0.2) is 5.76 Å². The van der Waals surface area contributed by atoms with Crippen molar-refractivity contribution >= 4 is 0 Å². The molecule has 0 N–H and O–H groups in total. The van der Waals surface area contributed by atoms with Gasteiger partial charge >= 0.3 is 0 Å². The van der Waals surface area contributed by atoms with Gasteiger partial charge in [0.25, 0.3) is 0 Å². The Labute approximate surface area is 169 Å². The van der Waals surface area contributed by atoms with Crippen LogP contribution in [0, 0.1) is 11.3 Å². The molecule has 0 fully saturated rings. The highest BCUT2D eigenvalue weighted by molar-refractivity contribution is 5.65. The van der Waals surface area contributed by atoms with Crippen molar-refractivity contribution in [2.24, 2.45) is 0 Å². The Kier molecular flexibility index (Phi) is 5.24. The molecule has 0 spiro atoms. The number of nitrogens with zero attached hydrogens (tertiary/aromatic N) is 2. The normalized spacial score (nSPS) is 14.7. The third kappa shape index (κ3) is 4.10. The fourth-order valence-electron chi connectivity index (χ4n) is 3.39. The standard InChI is InChI=1S/C23H22N2O4/c1-23(2)13-17-18(14-24)22(28-12-11-26-16-7-4-3-5-8-16)25-21(19(17)15-29-23)20-9-6-10-27-20/h3-10H,11-13,15H2,1-2H3. The van der Waals surface area contributed by atoms with Crippen LogP contribution >= 0.6 is 0 Å². The van der Waals surface area contributed by atoms with Crippen molar-refractivity contribution in [2.75, 3.05) is 13.2 Å². The topological polar surface area (TPSA) is 77.5 Å². The van der Waals surface area contributed by atoms with E-state index in [1.807, 2.05) is 56.3 Å². The molecule has 2 aromatic heterocycles. The lowest BCUT2D eigenvalue weighted by atomic mass is 9.88. The van der Waals surface area contributed by atoms with Crippen LogP contribution < -0.4 is 9.47 Å². The number of ether oxygens (including phenoxy) is 3. The minimum Gasteiger partial charge on any atom is -0.490 e. The molecule has 0 saturated carbocycles. The molecule has 0 aliphatic carbocycles. The molecule has 0 atom stereocenters. The summed E-state index contributed by atoms with van der Waals surface area (Å²) in [5.74, 6) is 1.69. The van der Waals surface area contributed by atoms with Gasteiger partial charge in [0.05, 0.1) is 18.5 Å². The summed E-state index contributed by atoms with van der Waals surface area (Å²) >= 11 is 0. The van der Waals surface area contributed by atoms with Crippen molar-refractivity contribution in [3.05, 3.63) is 65.4 Å². The van der Waals surface area contributed by atoms with Crippen LogP contribution in [0.5, 0.6) is 11.6 Å². The van der Waals surface area contributed by atoms with Gasteiger partial charge in [0, 0.05) is 12.0 Å². The SMILES string of the molecule is CC1(C)Cc2c(C#N)c(OCCOc3ccccc3)nc(-c3ccco3)c2CO1. The summed E-state index contributed by atoms with van der Waals surface area (Å²) in [5.41, 5.74) is 2.52. The molecular weight excluding hydrogens is 368 g/mol. The zero-order chi connectivity index (χ0) is 20.3. The zero-order valence-electron chi connectivity index (χ0n) is 16.5. The molecule has 4 rings (SSSR count). The quantitative estimate of drug-likeness (QED) is 0.576. The second kappa shape index (κ2) is 7.98. The van der Waals surface area contributed by atoms with Crippen molar-refractivity contribution in [2.45, 2.75) is 32.5 Å². The molecule has 3 heterocycles. The maximum atomic E-state index is 9.84. The molecule has 6 heteroatoms. The summed E-state index contributed by atoms with van der Waals surface area (Å²) in [6.45, 7) is 5.01. The first-order valence-corrected chi connectivity index (χ1v) is 9.52. The summed E-state index contributed by atoms with van der Waals surface area (Å²) in [4.78, 5) is 4.62. The van der Waals surface area contributed by atoms with Gasteiger partial charge in [-0.1, -0.05) is 18.2 Å². The first-order valence-electron chi connectivity index (χ1n) is 9.52. The van der Waals surface area contributed by atoms with E-state index in [4.69, 9.17) is 18.6 Å². The van der Waals surface area contributed by atoms with E-state index in [0.717, 1.165) is 16.9 Å². The van der Waals surface area contributed by atoms with Crippen molar-refractivity contribution in [3.63, 3.8) is 0 Å². The summed E-state index contributed by atoms with van der Waals surface area (Å²) < 4.78 is 23.1. The van der Waals surface area contributed by atoms with Gasteiger partial charge in [-0.15, -0.1) is 0 Å². The Morgan fingerprint density at radius 1 is 1.07 bits per heavy atom. The number of nitriles is 1. The Morgan fingerprint density at radius 2 is 1.86 bits per heavy atom. The van der Waals surface area contributed by atoms with Crippen LogP contribution in [-0.4, -0.2) is 23.8 Å². The monoisotopic (exact) mass is 390 g/mol. The smallest absolute Gasteiger partial charge is 0.232 e. The highest BCUT2D eigenvalue weighted by atomic mass is 16.5.